The standard InChI is InChI=1S/C16H20INO/c1-3-9-18-15(11-13-7-5-10-19-13)14-8-4-6-12(2)16(14)17/h4-8,10,15,18H,3,9,11H2,1-2H3. The molecule has 0 fully saturated rings. The summed E-state index contributed by atoms with van der Waals surface area (Å²) in [6.45, 7) is 5.38. The molecule has 1 unspecified atom stereocenters. The molecule has 1 heterocycles. The summed E-state index contributed by atoms with van der Waals surface area (Å²) in [7, 11) is 0. The molecule has 0 saturated carbocycles. The molecule has 0 amide bonds. The summed E-state index contributed by atoms with van der Waals surface area (Å²) in [6, 6.07) is 10.8. The third kappa shape index (κ3) is 3.83. The van der Waals surface area contributed by atoms with Crippen LogP contribution >= 0.6 is 22.6 Å². The Kier molecular flexibility index (Phi) is 5.45. The Labute approximate surface area is 128 Å². The zero-order valence-corrected chi connectivity index (χ0v) is 13.6. The lowest BCUT2D eigenvalue weighted by molar-refractivity contribution is 0.448. The van der Waals surface area contributed by atoms with Crippen molar-refractivity contribution in [1.82, 2.24) is 5.32 Å². The minimum Gasteiger partial charge on any atom is -0.469 e. The van der Waals surface area contributed by atoms with Crippen molar-refractivity contribution >= 4 is 22.6 Å². The van der Waals surface area contributed by atoms with Crippen LogP contribution in [0.4, 0.5) is 0 Å². The van der Waals surface area contributed by atoms with Gasteiger partial charge in [-0.2, -0.15) is 0 Å². The van der Waals surface area contributed by atoms with Crippen LogP contribution in [0.3, 0.4) is 0 Å². The molecule has 1 aromatic carbocycles. The van der Waals surface area contributed by atoms with Crippen LogP contribution < -0.4 is 5.32 Å². The van der Waals surface area contributed by atoms with Gasteiger partial charge in [0.2, 0.25) is 0 Å². The molecule has 2 aromatic rings. The van der Waals surface area contributed by atoms with Gasteiger partial charge in [0.1, 0.15) is 5.76 Å². The fraction of sp³-hybridized carbons (Fsp3) is 0.375. The van der Waals surface area contributed by atoms with Crippen molar-refractivity contribution in [1.29, 1.82) is 0 Å². The Morgan fingerprint density at radius 3 is 2.79 bits per heavy atom. The van der Waals surface area contributed by atoms with Crippen molar-refractivity contribution in [2.75, 3.05) is 6.54 Å². The zero-order valence-electron chi connectivity index (χ0n) is 11.4. The van der Waals surface area contributed by atoms with E-state index in [-0.39, 0.29) is 0 Å². The number of benzene rings is 1. The lowest BCUT2D eigenvalue weighted by Gasteiger charge is -2.20. The zero-order chi connectivity index (χ0) is 13.7. The Morgan fingerprint density at radius 2 is 2.11 bits per heavy atom. The number of hydrogen-bond donors (Lipinski definition) is 1. The molecule has 0 radical (unpaired) electrons. The maximum Gasteiger partial charge on any atom is 0.105 e. The van der Waals surface area contributed by atoms with Gasteiger partial charge < -0.3 is 9.73 Å². The van der Waals surface area contributed by atoms with Crippen molar-refractivity contribution in [3.63, 3.8) is 0 Å². The highest BCUT2D eigenvalue weighted by Crippen LogP contribution is 2.26. The van der Waals surface area contributed by atoms with Gasteiger partial charge >= 0.3 is 0 Å². The number of nitrogens with one attached hydrogen (secondary N) is 1. The summed E-state index contributed by atoms with van der Waals surface area (Å²) in [6.07, 6.45) is 3.77. The van der Waals surface area contributed by atoms with Gasteiger partial charge in [0.05, 0.1) is 6.26 Å². The minimum atomic E-state index is 0.317. The molecular weight excluding hydrogens is 349 g/mol. The van der Waals surface area contributed by atoms with Crippen LogP contribution in [0.5, 0.6) is 0 Å². The summed E-state index contributed by atoms with van der Waals surface area (Å²) in [5.74, 6) is 1.03. The van der Waals surface area contributed by atoms with Gasteiger partial charge in [-0.15, -0.1) is 0 Å². The normalized spacial score (nSPS) is 12.6. The first-order valence-corrected chi connectivity index (χ1v) is 7.81. The van der Waals surface area contributed by atoms with E-state index in [2.05, 4.69) is 60.0 Å². The first kappa shape index (κ1) is 14.6. The van der Waals surface area contributed by atoms with Gasteiger partial charge in [-0.3, -0.25) is 0 Å². The highest BCUT2D eigenvalue weighted by molar-refractivity contribution is 14.1. The van der Waals surface area contributed by atoms with Crippen LogP contribution in [0.1, 0.15) is 36.3 Å². The van der Waals surface area contributed by atoms with Crippen molar-refractivity contribution in [2.24, 2.45) is 0 Å². The van der Waals surface area contributed by atoms with Crippen molar-refractivity contribution in [3.8, 4) is 0 Å². The van der Waals surface area contributed by atoms with E-state index in [0.717, 1.165) is 25.1 Å². The highest BCUT2D eigenvalue weighted by atomic mass is 127. The van der Waals surface area contributed by atoms with Gasteiger partial charge in [-0.05, 0) is 65.7 Å². The SMILES string of the molecule is CCCNC(Cc1ccco1)c1cccc(C)c1I. The lowest BCUT2D eigenvalue weighted by Crippen LogP contribution is -2.25. The molecule has 2 rings (SSSR count). The molecule has 1 N–H and O–H groups in total. The number of halogens is 1. The third-order valence-corrected chi connectivity index (χ3v) is 4.70. The van der Waals surface area contributed by atoms with Crippen molar-refractivity contribution < 1.29 is 4.42 Å². The van der Waals surface area contributed by atoms with E-state index in [9.17, 15) is 0 Å². The Hall–Kier alpha value is -0.810. The molecule has 0 bridgehead atoms. The Balaban J connectivity index is 2.23. The average molecular weight is 369 g/mol. The van der Waals surface area contributed by atoms with Crippen molar-refractivity contribution in [2.45, 2.75) is 32.7 Å². The van der Waals surface area contributed by atoms with E-state index in [1.807, 2.05) is 12.1 Å². The number of aryl methyl sites for hydroxylation is 1. The number of hydrogen-bond acceptors (Lipinski definition) is 2. The number of rotatable bonds is 6. The summed E-state index contributed by atoms with van der Waals surface area (Å²) in [5.41, 5.74) is 2.70. The molecule has 3 heteroatoms. The van der Waals surface area contributed by atoms with E-state index < -0.39 is 0 Å². The van der Waals surface area contributed by atoms with E-state index in [1.165, 1.54) is 14.7 Å². The fourth-order valence-corrected chi connectivity index (χ4v) is 2.92. The monoisotopic (exact) mass is 369 g/mol. The second-order valence-electron chi connectivity index (χ2n) is 4.77. The van der Waals surface area contributed by atoms with Gasteiger partial charge in [-0.25, -0.2) is 0 Å². The molecule has 0 aliphatic carbocycles. The average Bonchev–Trinajstić information content (AvgIpc) is 2.91. The molecule has 0 saturated heterocycles. The smallest absolute Gasteiger partial charge is 0.105 e. The molecule has 19 heavy (non-hydrogen) atoms. The summed E-state index contributed by atoms with van der Waals surface area (Å²) < 4.78 is 6.84. The van der Waals surface area contributed by atoms with Gasteiger partial charge in [0, 0.05) is 16.0 Å². The second-order valence-corrected chi connectivity index (χ2v) is 5.85. The summed E-state index contributed by atoms with van der Waals surface area (Å²) in [4.78, 5) is 0. The van der Waals surface area contributed by atoms with Gasteiger partial charge in [-0.1, -0.05) is 25.1 Å². The lowest BCUT2D eigenvalue weighted by atomic mass is 10.0. The van der Waals surface area contributed by atoms with Crippen LogP contribution in [-0.2, 0) is 6.42 Å². The summed E-state index contributed by atoms with van der Waals surface area (Å²) >= 11 is 2.44. The van der Waals surface area contributed by atoms with Gasteiger partial charge in [0.25, 0.3) is 0 Å². The van der Waals surface area contributed by atoms with E-state index >= 15 is 0 Å². The molecular formula is C16H20INO. The summed E-state index contributed by atoms with van der Waals surface area (Å²) in [5, 5.41) is 3.63. The predicted octanol–water partition coefficient (Wildman–Crippen LogP) is 4.48. The molecule has 0 aliphatic heterocycles. The minimum absolute atomic E-state index is 0.317. The fourth-order valence-electron chi connectivity index (χ4n) is 2.18. The predicted molar refractivity (Wildman–Crippen MR) is 87.3 cm³/mol. The topological polar surface area (TPSA) is 25.2 Å². The van der Waals surface area contributed by atoms with E-state index in [1.54, 1.807) is 6.26 Å². The molecule has 2 nitrogen and oxygen atoms in total. The maximum absolute atomic E-state index is 5.49. The molecule has 0 spiro atoms. The molecule has 102 valence electrons. The first-order valence-electron chi connectivity index (χ1n) is 6.73. The van der Waals surface area contributed by atoms with Crippen LogP contribution in [0, 0.1) is 10.5 Å². The Bertz CT molecular complexity index is 507. The third-order valence-electron chi connectivity index (χ3n) is 3.22. The first-order chi connectivity index (χ1) is 9.22. The van der Waals surface area contributed by atoms with Crippen LogP contribution in [0.15, 0.2) is 41.0 Å². The maximum atomic E-state index is 5.49. The molecule has 1 atom stereocenters. The number of furan rings is 1. The van der Waals surface area contributed by atoms with Gasteiger partial charge in [0.15, 0.2) is 0 Å². The molecule has 1 aromatic heterocycles. The highest BCUT2D eigenvalue weighted by Gasteiger charge is 2.16. The Morgan fingerprint density at radius 1 is 1.26 bits per heavy atom. The van der Waals surface area contributed by atoms with Crippen LogP contribution in [0.25, 0.3) is 0 Å². The largest absolute Gasteiger partial charge is 0.469 e. The van der Waals surface area contributed by atoms with Crippen LogP contribution in [-0.4, -0.2) is 6.54 Å². The van der Waals surface area contributed by atoms with E-state index in [0.29, 0.717) is 6.04 Å². The van der Waals surface area contributed by atoms with E-state index in [4.69, 9.17) is 4.42 Å². The molecule has 0 aliphatic rings. The quantitative estimate of drug-likeness (QED) is 0.760. The van der Waals surface area contributed by atoms with Crippen molar-refractivity contribution in [3.05, 3.63) is 57.1 Å². The second kappa shape index (κ2) is 7.10. The van der Waals surface area contributed by atoms with Crippen LogP contribution in [0.2, 0.25) is 0 Å².